The van der Waals surface area contributed by atoms with Gasteiger partial charge in [-0.2, -0.15) is 0 Å². The van der Waals surface area contributed by atoms with Crippen molar-refractivity contribution in [1.29, 1.82) is 0 Å². The number of hydrogen-bond donors (Lipinski definition) is 2. The molecule has 1 atom stereocenters. The molecule has 0 aliphatic rings. The van der Waals surface area contributed by atoms with Gasteiger partial charge in [-0.1, -0.05) is 6.07 Å². The van der Waals surface area contributed by atoms with Crippen LogP contribution in [0.2, 0.25) is 0 Å². The zero-order valence-corrected chi connectivity index (χ0v) is 12.5. The Morgan fingerprint density at radius 2 is 2.00 bits per heavy atom. The Bertz CT molecular complexity index is 567. The van der Waals surface area contributed by atoms with Crippen LogP contribution in [-0.2, 0) is 9.84 Å². The second-order valence-electron chi connectivity index (χ2n) is 4.65. The van der Waals surface area contributed by atoms with Gasteiger partial charge in [-0.25, -0.2) is 8.42 Å². The van der Waals surface area contributed by atoms with Crippen LogP contribution in [0.15, 0.2) is 23.1 Å². The van der Waals surface area contributed by atoms with Crippen molar-refractivity contribution < 1.29 is 13.2 Å². The van der Waals surface area contributed by atoms with Gasteiger partial charge < -0.3 is 10.6 Å². The van der Waals surface area contributed by atoms with Crippen molar-refractivity contribution in [2.24, 2.45) is 0 Å². The van der Waals surface area contributed by atoms with Gasteiger partial charge >= 0.3 is 0 Å². The molecule has 1 aromatic carbocycles. The molecule has 0 aliphatic carbocycles. The number of aryl methyl sites for hydroxylation is 1. The maximum atomic E-state index is 11.9. The lowest BCUT2D eigenvalue weighted by Crippen LogP contribution is -2.37. The van der Waals surface area contributed by atoms with Crippen molar-refractivity contribution >= 4 is 15.7 Å². The molecule has 2 N–H and O–H groups in total. The summed E-state index contributed by atoms with van der Waals surface area (Å²) in [5, 5.41) is 5.76. The predicted octanol–water partition coefficient (Wildman–Crippen LogP) is 0.736. The van der Waals surface area contributed by atoms with E-state index in [1.165, 1.54) is 6.07 Å². The molecule has 1 rings (SSSR count). The van der Waals surface area contributed by atoms with Gasteiger partial charge in [0.1, 0.15) is 0 Å². The second kappa shape index (κ2) is 6.16. The molecule has 5 nitrogen and oxygen atoms in total. The van der Waals surface area contributed by atoms with Crippen molar-refractivity contribution in [1.82, 2.24) is 10.6 Å². The molecule has 6 heteroatoms. The Balaban J connectivity index is 2.94. The number of amides is 1. The largest absolute Gasteiger partial charge is 0.350 e. The lowest BCUT2D eigenvalue weighted by molar-refractivity contribution is 0.0950. The van der Waals surface area contributed by atoms with Gasteiger partial charge in [0.05, 0.1) is 4.90 Å². The first-order valence-electron chi connectivity index (χ1n) is 6.02. The third-order valence-electron chi connectivity index (χ3n) is 2.91. The number of benzene rings is 1. The maximum Gasteiger partial charge on any atom is 0.251 e. The fourth-order valence-corrected chi connectivity index (χ4v) is 2.58. The number of carbonyl (C=O) groups is 1. The Kier molecular flexibility index (Phi) is 5.08. The SMILES string of the molecule is CNC(C)CNC(=O)c1ccc(C)c(S(C)(=O)=O)c1. The molecular formula is C13H20N2O3S. The van der Waals surface area contributed by atoms with E-state index in [0.717, 1.165) is 6.26 Å². The topological polar surface area (TPSA) is 75.3 Å². The van der Waals surface area contributed by atoms with E-state index in [0.29, 0.717) is 17.7 Å². The molecule has 0 fully saturated rings. The summed E-state index contributed by atoms with van der Waals surface area (Å²) >= 11 is 0. The highest BCUT2D eigenvalue weighted by molar-refractivity contribution is 7.90. The summed E-state index contributed by atoms with van der Waals surface area (Å²) in [6, 6.07) is 4.85. The highest BCUT2D eigenvalue weighted by Crippen LogP contribution is 2.16. The van der Waals surface area contributed by atoms with Crippen molar-refractivity contribution in [3.05, 3.63) is 29.3 Å². The molecule has 0 heterocycles. The van der Waals surface area contributed by atoms with Crippen LogP contribution in [0, 0.1) is 6.92 Å². The highest BCUT2D eigenvalue weighted by atomic mass is 32.2. The van der Waals surface area contributed by atoms with Gasteiger partial charge in [-0.3, -0.25) is 4.79 Å². The van der Waals surface area contributed by atoms with Gasteiger partial charge in [-0.15, -0.1) is 0 Å². The Morgan fingerprint density at radius 3 is 2.53 bits per heavy atom. The Labute approximate surface area is 114 Å². The van der Waals surface area contributed by atoms with Crippen LogP contribution in [0.4, 0.5) is 0 Å². The van der Waals surface area contributed by atoms with E-state index < -0.39 is 9.84 Å². The molecule has 1 amide bonds. The van der Waals surface area contributed by atoms with E-state index in [4.69, 9.17) is 0 Å². The minimum absolute atomic E-state index is 0.156. The molecule has 19 heavy (non-hydrogen) atoms. The molecule has 1 unspecified atom stereocenters. The average molecular weight is 284 g/mol. The minimum atomic E-state index is -3.32. The zero-order valence-electron chi connectivity index (χ0n) is 11.6. The number of likely N-dealkylation sites (N-methyl/N-ethyl adjacent to an activating group) is 1. The van der Waals surface area contributed by atoms with Crippen molar-refractivity contribution in [3.63, 3.8) is 0 Å². The van der Waals surface area contributed by atoms with Gasteiger partial charge in [0.25, 0.3) is 5.91 Å². The van der Waals surface area contributed by atoms with Gasteiger partial charge in [0.15, 0.2) is 9.84 Å². The summed E-state index contributed by atoms with van der Waals surface area (Å²) in [6.07, 6.45) is 1.14. The highest BCUT2D eigenvalue weighted by Gasteiger charge is 2.14. The van der Waals surface area contributed by atoms with E-state index in [9.17, 15) is 13.2 Å². The standard InChI is InChI=1S/C13H20N2O3S/c1-9-5-6-11(7-12(9)19(4,17)18)13(16)15-8-10(2)14-3/h5-7,10,14H,8H2,1-4H3,(H,15,16). The van der Waals surface area contributed by atoms with Gasteiger partial charge in [0.2, 0.25) is 0 Å². The van der Waals surface area contributed by atoms with Crippen LogP contribution < -0.4 is 10.6 Å². The first kappa shape index (κ1) is 15.7. The van der Waals surface area contributed by atoms with Crippen LogP contribution in [0.5, 0.6) is 0 Å². The molecular weight excluding hydrogens is 264 g/mol. The van der Waals surface area contributed by atoms with E-state index in [1.807, 2.05) is 14.0 Å². The van der Waals surface area contributed by atoms with Crippen molar-refractivity contribution in [2.45, 2.75) is 24.8 Å². The van der Waals surface area contributed by atoms with Crippen molar-refractivity contribution in [2.75, 3.05) is 19.8 Å². The quantitative estimate of drug-likeness (QED) is 0.836. The molecule has 1 aromatic rings. The predicted molar refractivity (Wildman–Crippen MR) is 75.1 cm³/mol. The van der Waals surface area contributed by atoms with Crippen LogP contribution >= 0.6 is 0 Å². The average Bonchev–Trinajstić information content (AvgIpc) is 2.34. The number of carbonyl (C=O) groups excluding carboxylic acids is 1. The van der Waals surface area contributed by atoms with E-state index in [1.54, 1.807) is 19.1 Å². The summed E-state index contributed by atoms with van der Waals surface area (Å²) in [7, 11) is -1.51. The fourth-order valence-electron chi connectivity index (χ4n) is 1.59. The number of hydrogen-bond acceptors (Lipinski definition) is 4. The Morgan fingerprint density at radius 1 is 1.37 bits per heavy atom. The van der Waals surface area contributed by atoms with E-state index >= 15 is 0 Å². The van der Waals surface area contributed by atoms with E-state index in [2.05, 4.69) is 10.6 Å². The summed E-state index contributed by atoms with van der Waals surface area (Å²) < 4.78 is 23.2. The molecule has 106 valence electrons. The first-order valence-corrected chi connectivity index (χ1v) is 7.91. The molecule has 0 aromatic heterocycles. The number of rotatable bonds is 5. The molecule has 0 aliphatic heterocycles. The first-order chi connectivity index (χ1) is 8.75. The fraction of sp³-hybridized carbons (Fsp3) is 0.462. The monoisotopic (exact) mass is 284 g/mol. The van der Waals surface area contributed by atoms with Crippen LogP contribution in [0.25, 0.3) is 0 Å². The molecule has 0 saturated carbocycles. The number of sulfone groups is 1. The summed E-state index contributed by atoms with van der Waals surface area (Å²) in [6.45, 7) is 4.13. The molecule has 0 radical (unpaired) electrons. The van der Waals surface area contributed by atoms with Gasteiger partial charge in [0, 0.05) is 24.4 Å². The normalized spacial score (nSPS) is 13.1. The smallest absolute Gasteiger partial charge is 0.251 e. The Hall–Kier alpha value is -1.40. The summed E-state index contributed by atoms with van der Waals surface area (Å²) in [5.74, 6) is -0.271. The van der Waals surface area contributed by atoms with Crippen molar-refractivity contribution in [3.8, 4) is 0 Å². The second-order valence-corrected chi connectivity index (χ2v) is 6.64. The third kappa shape index (κ3) is 4.33. The minimum Gasteiger partial charge on any atom is -0.350 e. The van der Waals surface area contributed by atoms with Gasteiger partial charge in [-0.05, 0) is 38.6 Å². The number of nitrogens with one attached hydrogen (secondary N) is 2. The lowest BCUT2D eigenvalue weighted by Gasteiger charge is -2.12. The molecule has 0 bridgehead atoms. The van der Waals surface area contributed by atoms with Crippen LogP contribution in [0.1, 0.15) is 22.8 Å². The van der Waals surface area contributed by atoms with E-state index in [-0.39, 0.29) is 16.8 Å². The lowest BCUT2D eigenvalue weighted by atomic mass is 10.1. The summed E-state index contributed by atoms with van der Waals surface area (Å²) in [4.78, 5) is 12.1. The summed E-state index contributed by atoms with van der Waals surface area (Å²) in [5.41, 5.74) is 0.997. The third-order valence-corrected chi connectivity index (χ3v) is 4.15. The van der Waals surface area contributed by atoms with Crippen LogP contribution in [-0.4, -0.2) is 40.2 Å². The van der Waals surface area contributed by atoms with Crippen LogP contribution in [0.3, 0.4) is 0 Å². The maximum absolute atomic E-state index is 11.9. The molecule has 0 saturated heterocycles. The molecule has 0 spiro atoms. The zero-order chi connectivity index (χ0) is 14.6.